The Kier molecular flexibility index (Phi) is 6.37. The summed E-state index contributed by atoms with van der Waals surface area (Å²) in [6.07, 6.45) is 1.03. The summed E-state index contributed by atoms with van der Waals surface area (Å²) in [5.41, 5.74) is 1.99. The predicted molar refractivity (Wildman–Crippen MR) is 134 cm³/mol. The van der Waals surface area contributed by atoms with E-state index >= 15 is 0 Å². The number of nitrogens with zero attached hydrogens (tertiary/aromatic N) is 4. The van der Waals surface area contributed by atoms with Gasteiger partial charge in [-0.15, -0.1) is 0 Å². The van der Waals surface area contributed by atoms with E-state index in [1.54, 1.807) is 0 Å². The number of rotatable bonds is 6. The minimum absolute atomic E-state index is 0.510. The SMILES string of the molecule is O[C@@H]1CN(Cc2cccc(OC[C@H]3CC[C@H]4CN(c5noc6ccccc56)CCN4C3)c2)C[C@@H]1O. The van der Waals surface area contributed by atoms with Crippen LogP contribution in [0.15, 0.2) is 53.1 Å². The van der Waals surface area contributed by atoms with Gasteiger partial charge in [-0.2, -0.15) is 0 Å². The second kappa shape index (κ2) is 9.78. The maximum Gasteiger partial charge on any atom is 0.180 e. The average molecular weight is 479 g/mol. The molecule has 186 valence electrons. The molecule has 3 aromatic rings. The molecule has 6 rings (SSSR count). The zero-order chi connectivity index (χ0) is 23.8. The summed E-state index contributed by atoms with van der Waals surface area (Å²) in [6.45, 7) is 6.51. The first kappa shape index (κ1) is 22.8. The highest BCUT2D eigenvalue weighted by Crippen LogP contribution is 2.31. The van der Waals surface area contributed by atoms with Crippen LogP contribution in [0.3, 0.4) is 0 Å². The summed E-state index contributed by atoms with van der Waals surface area (Å²) in [7, 11) is 0. The van der Waals surface area contributed by atoms with Crippen molar-refractivity contribution in [2.75, 3.05) is 50.8 Å². The number of fused-ring (bicyclic) bond motifs is 2. The summed E-state index contributed by atoms with van der Waals surface area (Å²) >= 11 is 0. The molecular weight excluding hydrogens is 444 g/mol. The lowest BCUT2D eigenvalue weighted by molar-refractivity contribution is 0.0572. The molecule has 4 heterocycles. The van der Waals surface area contributed by atoms with Crippen molar-refractivity contribution in [1.82, 2.24) is 15.0 Å². The number of likely N-dealkylation sites (tertiary alicyclic amines) is 1. The van der Waals surface area contributed by atoms with Crippen LogP contribution in [0.25, 0.3) is 11.0 Å². The minimum atomic E-state index is -0.651. The molecule has 4 atom stereocenters. The maximum atomic E-state index is 9.79. The van der Waals surface area contributed by atoms with Crippen molar-refractivity contribution in [2.24, 2.45) is 5.92 Å². The molecule has 2 N–H and O–H groups in total. The first-order valence-corrected chi connectivity index (χ1v) is 12.8. The van der Waals surface area contributed by atoms with Crippen molar-refractivity contribution in [3.8, 4) is 5.75 Å². The fourth-order valence-corrected chi connectivity index (χ4v) is 5.87. The van der Waals surface area contributed by atoms with E-state index in [1.165, 1.54) is 6.42 Å². The molecule has 0 radical (unpaired) electrons. The van der Waals surface area contributed by atoms with Crippen molar-refractivity contribution >= 4 is 16.8 Å². The number of piperidine rings is 1. The minimum Gasteiger partial charge on any atom is -0.493 e. The molecule has 0 amide bonds. The number of aromatic nitrogens is 1. The van der Waals surface area contributed by atoms with Gasteiger partial charge in [0, 0.05) is 57.8 Å². The van der Waals surface area contributed by atoms with E-state index in [0.29, 0.717) is 31.6 Å². The van der Waals surface area contributed by atoms with Crippen molar-refractivity contribution in [3.63, 3.8) is 0 Å². The predicted octanol–water partition coefficient (Wildman–Crippen LogP) is 2.34. The smallest absolute Gasteiger partial charge is 0.180 e. The molecule has 0 unspecified atom stereocenters. The van der Waals surface area contributed by atoms with Gasteiger partial charge in [-0.25, -0.2) is 0 Å². The molecule has 35 heavy (non-hydrogen) atoms. The number of aliphatic hydroxyl groups is 2. The van der Waals surface area contributed by atoms with E-state index in [1.807, 2.05) is 30.3 Å². The Morgan fingerprint density at radius 3 is 2.69 bits per heavy atom. The standard InChI is InChI=1S/C27H34N4O4/c32-24-16-29(17-25(24)33)13-19-4-3-5-22(12-19)34-18-20-8-9-21-15-31(11-10-30(21)14-20)27-23-6-1-2-7-26(23)35-28-27/h1-7,12,20-21,24-25,32-33H,8-11,13-18H2/t20-,21-,24-,25+/m0/s1. The van der Waals surface area contributed by atoms with Crippen LogP contribution in [0.2, 0.25) is 0 Å². The average Bonchev–Trinajstić information content (AvgIpc) is 3.45. The van der Waals surface area contributed by atoms with Gasteiger partial charge in [0.2, 0.25) is 0 Å². The molecule has 3 aliphatic rings. The van der Waals surface area contributed by atoms with Gasteiger partial charge in [-0.3, -0.25) is 9.80 Å². The van der Waals surface area contributed by atoms with Gasteiger partial charge in [-0.05, 0) is 42.7 Å². The van der Waals surface area contributed by atoms with E-state index in [2.05, 4.69) is 38.1 Å². The molecule has 3 fully saturated rings. The van der Waals surface area contributed by atoms with Crippen LogP contribution < -0.4 is 9.64 Å². The molecule has 0 bridgehead atoms. The van der Waals surface area contributed by atoms with Crippen LogP contribution in [-0.4, -0.2) is 89.3 Å². The first-order valence-electron chi connectivity index (χ1n) is 12.8. The largest absolute Gasteiger partial charge is 0.493 e. The number of hydrogen-bond donors (Lipinski definition) is 2. The van der Waals surface area contributed by atoms with Crippen LogP contribution >= 0.6 is 0 Å². The molecule has 8 heteroatoms. The highest BCUT2D eigenvalue weighted by atomic mass is 16.5. The Labute approximate surface area is 205 Å². The van der Waals surface area contributed by atoms with Crippen LogP contribution in [0.5, 0.6) is 5.75 Å². The Balaban J connectivity index is 1.01. The van der Waals surface area contributed by atoms with Gasteiger partial charge in [0.15, 0.2) is 11.4 Å². The van der Waals surface area contributed by atoms with E-state index in [0.717, 1.165) is 67.3 Å². The van der Waals surface area contributed by atoms with E-state index in [-0.39, 0.29) is 0 Å². The van der Waals surface area contributed by atoms with E-state index in [4.69, 9.17) is 9.26 Å². The molecule has 3 saturated heterocycles. The lowest BCUT2D eigenvalue weighted by Crippen LogP contribution is -2.57. The molecule has 0 aliphatic carbocycles. The van der Waals surface area contributed by atoms with Crippen LogP contribution in [0, 0.1) is 5.92 Å². The highest BCUT2D eigenvalue weighted by molar-refractivity contribution is 5.88. The van der Waals surface area contributed by atoms with Crippen molar-refractivity contribution in [3.05, 3.63) is 54.1 Å². The van der Waals surface area contributed by atoms with Gasteiger partial charge in [-0.1, -0.05) is 29.4 Å². The van der Waals surface area contributed by atoms with Crippen molar-refractivity contribution in [2.45, 2.75) is 37.6 Å². The van der Waals surface area contributed by atoms with Gasteiger partial charge in [0.25, 0.3) is 0 Å². The van der Waals surface area contributed by atoms with Crippen LogP contribution in [0.1, 0.15) is 18.4 Å². The zero-order valence-corrected chi connectivity index (χ0v) is 20.0. The Bertz CT molecular complexity index is 1140. The quantitative estimate of drug-likeness (QED) is 0.559. The molecule has 8 nitrogen and oxygen atoms in total. The van der Waals surface area contributed by atoms with Crippen molar-refractivity contribution < 1.29 is 19.5 Å². The monoisotopic (exact) mass is 478 g/mol. The van der Waals surface area contributed by atoms with Gasteiger partial charge >= 0.3 is 0 Å². The number of benzene rings is 2. The molecular formula is C27H34N4O4. The molecule has 0 spiro atoms. The first-order chi connectivity index (χ1) is 17.1. The second-order valence-corrected chi connectivity index (χ2v) is 10.3. The summed E-state index contributed by atoms with van der Waals surface area (Å²) < 4.78 is 11.8. The number of β-amino-alcohol motifs (C(OH)–C–C–N with tert-alkyl or cyclic N) is 2. The fraction of sp³-hybridized carbons (Fsp3) is 0.519. The Hall–Kier alpha value is -2.65. The maximum absolute atomic E-state index is 9.79. The number of aliphatic hydroxyl groups excluding tert-OH is 2. The summed E-state index contributed by atoms with van der Waals surface area (Å²) in [6, 6.07) is 16.8. The van der Waals surface area contributed by atoms with Gasteiger partial charge in [0.05, 0.1) is 24.2 Å². The fourth-order valence-electron chi connectivity index (χ4n) is 5.87. The van der Waals surface area contributed by atoms with Crippen molar-refractivity contribution in [1.29, 1.82) is 0 Å². The summed E-state index contributed by atoms with van der Waals surface area (Å²) in [4.78, 5) is 7.08. The molecule has 0 saturated carbocycles. The van der Waals surface area contributed by atoms with Gasteiger partial charge in [0.1, 0.15) is 5.75 Å². The Morgan fingerprint density at radius 2 is 1.80 bits per heavy atom. The topological polar surface area (TPSA) is 85.4 Å². The molecule has 2 aromatic carbocycles. The third-order valence-electron chi connectivity index (χ3n) is 7.79. The van der Waals surface area contributed by atoms with Gasteiger partial charge < -0.3 is 24.4 Å². The third kappa shape index (κ3) is 4.89. The van der Waals surface area contributed by atoms with E-state index < -0.39 is 12.2 Å². The van der Waals surface area contributed by atoms with Crippen LogP contribution in [0.4, 0.5) is 5.82 Å². The lowest BCUT2D eigenvalue weighted by Gasteiger charge is -2.46. The number of hydrogen-bond acceptors (Lipinski definition) is 8. The zero-order valence-electron chi connectivity index (χ0n) is 20.0. The number of para-hydroxylation sites is 1. The normalized spacial score (nSPS) is 27.9. The highest BCUT2D eigenvalue weighted by Gasteiger charge is 2.34. The number of piperazine rings is 1. The summed E-state index contributed by atoms with van der Waals surface area (Å²) in [5.74, 6) is 2.40. The molecule has 3 aliphatic heterocycles. The summed E-state index contributed by atoms with van der Waals surface area (Å²) in [5, 5.41) is 25.0. The number of anilines is 1. The van der Waals surface area contributed by atoms with Crippen LogP contribution in [-0.2, 0) is 6.54 Å². The Morgan fingerprint density at radius 1 is 0.943 bits per heavy atom. The molecule has 1 aromatic heterocycles. The number of ether oxygens (including phenoxy) is 1. The third-order valence-corrected chi connectivity index (χ3v) is 7.79. The lowest BCUT2D eigenvalue weighted by atomic mass is 9.91. The van der Waals surface area contributed by atoms with E-state index in [9.17, 15) is 10.2 Å². The second-order valence-electron chi connectivity index (χ2n) is 10.3.